The van der Waals surface area contributed by atoms with E-state index in [0.717, 1.165) is 40.1 Å². The summed E-state index contributed by atoms with van der Waals surface area (Å²) in [6, 6.07) is 17.1. The number of rotatable bonds is 9. The smallest absolute Gasteiger partial charge is 0.259 e. The molecule has 0 saturated heterocycles. The lowest BCUT2D eigenvalue weighted by molar-refractivity contribution is 0.102. The number of nitrogens with zero attached hydrogens (tertiary/aromatic N) is 3. The minimum atomic E-state index is -0.237. The van der Waals surface area contributed by atoms with Gasteiger partial charge in [0, 0.05) is 24.7 Å². The molecule has 0 radical (unpaired) electrons. The zero-order chi connectivity index (χ0) is 26.5. The number of hydrogen-bond acceptors (Lipinski definition) is 7. The van der Waals surface area contributed by atoms with Crippen LogP contribution in [0.1, 0.15) is 27.4 Å². The lowest BCUT2D eigenvalue weighted by Gasteiger charge is -2.19. The van der Waals surface area contributed by atoms with Crippen molar-refractivity contribution in [3.63, 3.8) is 0 Å². The van der Waals surface area contributed by atoms with Crippen molar-refractivity contribution in [3.05, 3.63) is 77.2 Å². The number of anilines is 1. The van der Waals surface area contributed by atoms with Crippen LogP contribution in [-0.4, -0.2) is 55.3 Å². The van der Waals surface area contributed by atoms with E-state index in [4.69, 9.17) is 14.0 Å². The van der Waals surface area contributed by atoms with E-state index in [0.29, 0.717) is 35.3 Å². The summed E-state index contributed by atoms with van der Waals surface area (Å²) >= 11 is 0. The second kappa shape index (κ2) is 11.3. The van der Waals surface area contributed by atoms with Gasteiger partial charge < -0.3 is 24.2 Å². The Morgan fingerprint density at radius 1 is 1.00 bits per heavy atom. The highest BCUT2D eigenvalue weighted by Gasteiger charge is 2.20. The van der Waals surface area contributed by atoms with Gasteiger partial charge in [-0.2, -0.15) is 4.98 Å². The number of benzene rings is 3. The second-order valence-corrected chi connectivity index (χ2v) is 9.12. The average Bonchev–Trinajstić information content (AvgIpc) is 3.31. The standard InChI is InChI=1S/C29H32N4O4/c1-18-17-21(28-30-20(3)37-32-28)7-12-24(18)25-13-14-26(27(19(25)2)36-16-15-33(4)5)29(34)31-22-8-10-23(35-6)11-9-22/h7-14,17H,15-16H2,1-6H3,(H,31,34). The summed E-state index contributed by atoms with van der Waals surface area (Å²) in [5.74, 6) is 2.14. The van der Waals surface area contributed by atoms with Crippen molar-refractivity contribution in [3.8, 4) is 34.0 Å². The van der Waals surface area contributed by atoms with Crippen LogP contribution in [0.25, 0.3) is 22.5 Å². The third kappa shape index (κ3) is 5.98. The lowest BCUT2D eigenvalue weighted by atomic mass is 9.92. The number of carbonyl (C=O) groups is 1. The molecule has 37 heavy (non-hydrogen) atoms. The molecule has 4 rings (SSSR count). The van der Waals surface area contributed by atoms with Crippen LogP contribution in [0.2, 0.25) is 0 Å². The first-order valence-electron chi connectivity index (χ1n) is 12.0. The van der Waals surface area contributed by atoms with E-state index in [2.05, 4.69) is 15.5 Å². The number of methoxy groups -OCH3 is 1. The number of amides is 1. The molecule has 0 unspecified atom stereocenters. The van der Waals surface area contributed by atoms with Crippen LogP contribution in [0.3, 0.4) is 0 Å². The van der Waals surface area contributed by atoms with Gasteiger partial charge in [-0.05, 0) is 86.6 Å². The fraction of sp³-hybridized carbons (Fsp3) is 0.276. The SMILES string of the molecule is COc1ccc(NC(=O)c2ccc(-c3ccc(-c4noc(C)n4)cc3C)c(C)c2OCCN(C)C)cc1. The molecule has 0 aliphatic heterocycles. The third-order valence-electron chi connectivity index (χ3n) is 6.09. The monoisotopic (exact) mass is 500 g/mol. The van der Waals surface area contributed by atoms with E-state index < -0.39 is 0 Å². The van der Waals surface area contributed by atoms with Gasteiger partial charge >= 0.3 is 0 Å². The molecule has 1 amide bonds. The summed E-state index contributed by atoms with van der Waals surface area (Å²) in [6.45, 7) is 6.98. The largest absolute Gasteiger partial charge is 0.497 e. The zero-order valence-electron chi connectivity index (χ0n) is 22.1. The lowest BCUT2D eigenvalue weighted by Crippen LogP contribution is -2.21. The van der Waals surface area contributed by atoms with Gasteiger partial charge in [0.25, 0.3) is 5.91 Å². The van der Waals surface area contributed by atoms with Gasteiger partial charge in [0.1, 0.15) is 18.1 Å². The molecule has 1 aromatic heterocycles. The number of hydrogen-bond donors (Lipinski definition) is 1. The van der Waals surface area contributed by atoms with Crippen LogP contribution in [0.4, 0.5) is 5.69 Å². The highest BCUT2D eigenvalue weighted by atomic mass is 16.5. The maximum Gasteiger partial charge on any atom is 0.259 e. The van der Waals surface area contributed by atoms with Gasteiger partial charge in [0.05, 0.1) is 12.7 Å². The fourth-order valence-corrected chi connectivity index (χ4v) is 4.07. The summed E-state index contributed by atoms with van der Waals surface area (Å²) in [5.41, 5.74) is 6.02. The van der Waals surface area contributed by atoms with Gasteiger partial charge in [-0.15, -0.1) is 0 Å². The topological polar surface area (TPSA) is 89.7 Å². The maximum atomic E-state index is 13.3. The molecule has 3 aromatic carbocycles. The summed E-state index contributed by atoms with van der Waals surface area (Å²) < 4.78 is 16.6. The summed E-state index contributed by atoms with van der Waals surface area (Å²) in [4.78, 5) is 19.7. The van der Waals surface area contributed by atoms with Crippen LogP contribution < -0.4 is 14.8 Å². The molecule has 8 nitrogen and oxygen atoms in total. The molecule has 0 aliphatic carbocycles. The van der Waals surface area contributed by atoms with E-state index in [1.54, 1.807) is 38.3 Å². The Labute approximate surface area is 217 Å². The van der Waals surface area contributed by atoms with Crippen molar-refractivity contribution < 1.29 is 18.8 Å². The molecule has 0 spiro atoms. The van der Waals surface area contributed by atoms with Crippen molar-refractivity contribution in [2.24, 2.45) is 0 Å². The number of aryl methyl sites for hydroxylation is 2. The normalized spacial score (nSPS) is 11.0. The minimum absolute atomic E-state index is 0.237. The van der Waals surface area contributed by atoms with E-state index >= 15 is 0 Å². The van der Waals surface area contributed by atoms with Gasteiger partial charge in [-0.3, -0.25) is 4.79 Å². The van der Waals surface area contributed by atoms with Crippen molar-refractivity contribution in [1.82, 2.24) is 15.0 Å². The van der Waals surface area contributed by atoms with Gasteiger partial charge in [-0.25, -0.2) is 0 Å². The molecule has 0 saturated carbocycles. The predicted molar refractivity (Wildman–Crippen MR) is 144 cm³/mol. The van der Waals surface area contributed by atoms with Gasteiger partial charge in [0.15, 0.2) is 0 Å². The molecule has 192 valence electrons. The number of nitrogens with one attached hydrogen (secondary N) is 1. The van der Waals surface area contributed by atoms with Crippen molar-refractivity contribution in [2.45, 2.75) is 20.8 Å². The van der Waals surface area contributed by atoms with E-state index in [1.807, 2.05) is 63.2 Å². The van der Waals surface area contributed by atoms with Crippen LogP contribution in [0.5, 0.6) is 11.5 Å². The first-order valence-corrected chi connectivity index (χ1v) is 12.0. The quantitative estimate of drug-likeness (QED) is 0.323. The van der Waals surface area contributed by atoms with Gasteiger partial charge in [0.2, 0.25) is 11.7 Å². The Balaban J connectivity index is 1.68. The fourth-order valence-electron chi connectivity index (χ4n) is 4.07. The van der Waals surface area contributed by atoms with Gasteiger partial charge in [-0.1, -0.05) is 23.4 Å². The summed E-state index contributed by atoms with van der Waals surface area (Å²) in [7, 11) is 5.58. The molecule has 0 aliphatic rings. The number of ether oxygens (including phenoxy) is 2. The van der Waals surface area contributed by atoms with E-state index in [1.165, 1.54) is 0 Å². The molecule has 0 atom stereocenters. The van der Waals surface area contributed by atoms with Crippen molar-refractivity contribution in [1.29, 1.82) is 0 Å². The van der Waals surface area contributed by atoms with Crippen LogP contribution in [0.15, 0.2) is 59.1 Å². The van der Waals surface area contributed by atoms with Crippen molar-refractivity contribution in [2.75, 3.05) is 39.7 Å². The summed E-state index contributed by atoms with van der Waals surface area (Å²) in [6.07, 6.45) is 0. The Bertz CT molecular complexity index is 1390. The Morgan fingerprint density at radius 2 is 1.73 bits per heavy atom. The van der Waals surface area contributed by atoms with Crippen LogP contribution in [-0.2, 0) is 0 Å². The summed E-state index contributed by atoms with van der Waals surface area (Å²) in [5, 5.41) is 6.99. The Kier molecular flexibility index (Phi) is 7.89. The van der Waals surface area contributed by atoms with E-state index in [-0.39, 0.29) is 5.91 Å². The second-order valence-electron chi connectivity index (χ2n) is 9.12. The molecular formula is C29H32N4O4. The first-order chi connectivity index (χ1) is 17.8. The molecule has 1 N–H and O–H groups in total. The Morgan fingerprint density at radius 3 is 2.35 bits per heavy atom. The molecule has 0 bridgehead atoms. The number of carbonyl (C=O) groups excluding carboxylic acids is 1. The number of likely N-dealkylation sites (N-methyl/N-ethyl adjacent to an activating group) is 1. The Hall–Kier alpha value is -4.17. The molecule has 1 heterocycles. The van der Waals surface area contributed by atoms with Crippen LogP contribution in [0, 0.1) is 20.8 Å². The zero-order valence-corrected chi connectivity index (χ0v) is 22.1. The highest BCUT2D eigenvalue weighted by molar-refractivity contribution is 6.07. The predicted octanol–water partition coefficient (Wildman–Crippen LogP) is 5.53. The first kappa shape index (κ1) is 25.9. The molecule has 8 heteroatoms. The molecule has 0 fully saturated rings. The molecule has 4 aromatic rings. The maximum absolute atomic E-state index is 13.3. The average molecular weight is 501 g/mol. The minimum Gasteiger partial charge on any atom is -0.497 e. The van der Waals surface area contributed by atoms with Crippen molar-refractivity contribution >= 4 is 11.6 Å². The van der Waals surface area contributed by atoms with E-state index in [9.17, 15) is 4.79 Å². The molecular weight excluding hydrogens is 468 g/mol. The van der Waals surface area contributed by atoms with Crippen LogP contribution >= 0.6 is 0 Å². The third-order valence-corrected chi connectivity index (χ3v) is 6.09. The highest BCUT2D eigenvalue weighted by Crippen LogP contribution is 2.36. The number of aromatic nitrogens is 2.